The number of amides is 1. The predicted molar refractivity (Wildman–Crippen MR) is 122 cm³/mol. The molecule has 3 aromatic carbocycles. The van der Waals surface area contributed by atoms with Crippen molar-refractivity contribution in [1.82, 2.24) is 15.3 Å². The summed E-state index contributed by atoms with van der Waals surface area (Å²) >= 11 is 3.40. The van der Waals surface area contributed by atoms with Gasteiger partial charge < -0.3 is 10.6 Å². The number of hydrogen-bond donors (Lipinski definition) is 2. The largest absolute Gasteiger partial charge is 0.348 e. The Morgan fingerprint density at radius 3 is 2.58 bits per heavy atom. The third-order valence-electron chi connectivity index (χ3n) is 4.50. The van der Waals surface area contributed by atoms with Crippen LogP contribution in [0.2, 0.25) is 0 Å². The highest BCUT2D eigenvalue weighted by atomic mass is 79.9. The molecule has 0 aliphatic carbocycles. The third kappa shape index (κ3) is 5.52. The molecule has 0 unspecified atom stereocenters. The van der Waals surface area contributed by atoms with E-state index in [1.54, 1.807) is 42.6 Å². The molecule has 0 saturated heterocycles. The van der Waals surface area contributed by atoms with Gasteiger partial charge in [0, 0.05) is 34.0 Å². The minimum absolute atomic E-state index is 0.172. The van der Waals surface area contributed by atoms with E-state index in [9.17, 15) is 9.18 Å². The highest BCUT2D eigenvalue weighted by molar-refractivity contribution is 9.10. The lowest BCUT2D eigenvalue weighted by Gasteiger charge is -2.10. The second-order valence-electron chi connectivity index (χ2n) is 6.79. The van der Waals surface area contributed by atoms with Gasteiger partial charge in [0.2, 0.25) is 0 Å². The maximum atomic E-state index is 13.5. The van der Waals surface area contributed by atoms with Crippen LogP contribution in [0.25, 0.3) is 11.4 Å². The molecule has 0 aliphatic heterocycles. The molecule has 4 rings (SSSR count). The van der Waals surface area contributed by atoms with Crippen molar-refractivity contribution >= 4 is 33.3 Å². The fourth-order valence-corrected chi connectivity index (χ4v) is 3.23. The average molecular weight is 477 g/mol. The Morgan fingerprint density at radius 1 is 0.968 bits per heavy atom. The lowest BCUT2D eigenvalue weighted by Crippen LogP contribution is -2.22. The second kappa shape index (κ2) is 9.49. The van der Waals surface area contributed by atoms with Gasteiger partial charge in [0.1, 0.15) is 11.6 Å². The van der Waals surface area contributed by atoms with E-state index in [0.29, 0.717) is 35.0 Å². The number of hydrogen-bond acceptors (Lipinski definition) is 4. The van der Waals surface area contributed by atoms with Crippen LogP contribution in [-0.4, -0.2) is 15.9 Å². The molecule has 4 aromatic rings. The van der Waals surface area contributed by atoms with Gasteiger partial charge in [-0.15, -0.1) is 0 Å². The van der Waals surface area contributed by atoms with Crippen molar-refractivity contribution in [3.05, 3.63) is 106 Å². The lowest BCUT2D eigenvalue weighted by atomic mass is 10.1. The van der Waals surface area contributed by atoms with Crippen LogP contribution in [0.3, 0.4) is 0 Å². The Morgan fingerprint density at radius 2 is 1.77 bits per heavy atom. The SMILES string of the molecule is O=C(NCc1ccc(Br)cc1)c1cccc(Nc2ccnc(-c3cccc(F)c3)n2)c1. The molecular formula is C24H18BrFN4O. The van der Waals surface area contributed by atoms with Crippen LogP contribution in [0.1, 0.15) is 15.9 Å². The number of nitrogens with one attached hydrogen (secondary N) is 2. The zero-order valence-electron chi connectivity index (χ0n) is 16.3. The summed E-state index contributed by atoms with van der Waals surface area (Å²) in [6, 6.07) is 22.8. The van der Waals surface area contributed by atoms with E-state index in [-0.39, 0.29) is 11.7 Å². The minimum atomic E-state index is -0.346. The van der Waals surface area contributed by atoms with Crippen molar-refractivity contribution in [2.75, 3.05) is 5.32 Å². The van der Waals surface area contributed by atoms with Gasteiger partial charge in [-0.05, 0) is 54.1 Å². The van der Waals surface area contributed by atoms with Gasteiger partial charge in [0.15, 0.2) is 5.82 Å². The van der Waals surface area contributed by atoms with Gasteiger partial charge >= 0.3 is 0 Å². The number of rotatable bonds is 6. The predicted octanol–water partition coefficient (Wildman–Crippen LogP) is 5.72. The summed E-state index contributed by atoms with van der Waals surface area (Å²) in [5.41, 5.74) is 2.84. The third-order valence-corrected chi connectivity index (χ3v) is 5.03. The Bertz CT molecular complexity index is 1210. The number of carbonyl (C=O) groups excluding carboxylic acids is 1. The quantitative estimate of drug-likeness (QED) is 0.373. The molecule has 1 heterocycles. The summed E-state index contributed by atoms with van der Waals surface area (Å²) in [6.45, 7) is 0.437. The van der Waals surface area contributed by atoms with Crippen molar-refractivity contribution in [1.29, 1.82) is 0 Å². The van der Waals surface area contributed by atoms with Gasteiger partial charge in [0.05, 0.1) is 0 Å². The summed E-state index contributed by atoms with van der Waals surface area (Å²) in [7, 11) is 0. The number of aromatic nitrogens is 2. The Hall–Kier alpha value is -3.58. The van der Waals surface area contributed by atoms with Crippen LogP contribution in [0, 0.1) is 5.82 Å². The Labute approximate surface area is 187 Å². The number of nitrogens with zero attached hydrogens (tertiary/aromatic N) is 2. The van der Waals surface area contributed by atoms with E-state index in [0.717, 1.165) is 10.0 Å². The number of carbonyl (C=O) groups is 1. The van der Waals surface area contributed by atoms with E-state index in [2.05, 4.69) is 36.5 Å². The molecule has 5 nitrogen and oxygen atoms in total. The molecule has 31 heavy (non-hydrogen) atoms. The van der Waals surface area contributed by atoms with Crippen molar-refractivity contribution in [3.63, 3.8) is 0 Å². The first-order chi connectivity index (χ1) is 15.1. The molecule has 0 fully saturated rings. The number of anilines is 2. The molecule has 7 heteroatoms. The second-order valence-corrected chi connectivity index (χ2v) is 7.71. The number of halogens is 2. The van der Waals surface area contributed by atoms with E-state index in [4.69, 9.17) is 0 Å². The van der Waals surface area contributed by atoms with Gasteiger partial charge in [0.25, 0.3) is 5.91 Å². The summed E-state index contributed by atoms with van der Waals surface area (Å²) in [5.74, 6) is 0.436. The molecule has 0 saturated carbocycles. The van der Waals surface area contributed by atoms with Crippen molar-refractivity contribution in [2.24, 2.45) is 0 Å². The maximum absolute atomic E-state index is 13.5. The van der Waals surface area contributed by atoms with Crippen molar-refractivity contribution < 1.29 is 9.18 Å². The minimum Gasteiger partial charge on any atom is -0.348 e. The summed E-state index contributed by atoms with van der Waals surface area (Å²) in [4.78, 5) is 21.2. The molecule has 1 amide bonds. The smallest absolute Gasteiger partial charge is 0.251 e. The highest BCUT2D eigenvalue weighted by Gasteiger charge is 2.08. The van der Waals surface area contributed by atoms with Crippen LogP contribution in [0.5, 0.6) is 0 Å². The first-order valence-corrected chi connectivity index (χ1v) is 10.3. The Balaban J connectivity index is 1.45. The molecule has 1 aromatic heterocycles. The van der Waals surface area contributed by atoms with Gasteiger partial charge in [-0.2, -0.15) is 0 Å². The fraction of sp³-hybridized carbons (Fsp3) is 0.0417. The van der Waals surface area contributed by atoms with E-state index in [1.807, 2.05) is 30.3 Å². The van der Waals surface area contributed by atoms with E-state index in [1.165, 1.54) is 12.1 Å². The van der Waals surface area contributed by atoms with Gasteiger partial charge in [-0.3, -0.25) is 4.79 Å². The van der Waals surface area contributed by atoms with Gasteiger partial charge in [-0.25, -0.2) is 14.4 Å². The molecule has 0 aliphatic rings. The lowest BCUT2D eigenvalue weighted by molar-refractivity contribution is 0.0951. The average Bonchev–Trinajstić information content (AvgIpc) is 2.79. The molecule has 2 N–H and O–H groups in total. The molecule has 0 bridgehead atoms. The first kappa shape index (κ1) is 20.7. The zero-order chi connectivity index (χ0) is 21.6. The molecule has 0 atom stereocenters. The standard InChI is InChI=1S/C24H18BrFN4O/c25-19-9-7-16(8-10-19)15-28-24(31)18-4-2-6-21(14-18)29-22-11-12-27-23(30-22)17-3-1-5-20(26)13-17/h1-14H,15H2,(H,28,31)(H,27,29,30). The van der Waals surface area contributed by atoms with Crippen molar-refractivity contribution in [2.45, 2.75) is 6.54 Å². The highest BCUT2D eigenvalue weighted by Crippen LogP contribution is 2.20. The fourth-order valence-electron chi connectivity index (χ4n) is 2.97. The maximum Gasteiger partial charge on any atom is 0.251 e. The zero-order valence-corrected chi connectivity index (χ0v) is 17.9. The van der Waals surface area contributed by atoms with Crippen LogP contribution in [-0.2, 0) is 6.54 Å². The van der Waals surface area contributed by atoms with Crippen LogP contribution in [0.15, 0.2) is 89.5 Å². The van der Waals surface area contributed by atoms with Crippen LogP contribution < -0.4 is 10.6 Å². The normalized spacial score (nSPS) is 10.5. The van der Waals surface area contributed by atoms with E-state index < -0.39 is 0 Å². The van der Waals surface area contributed by atoms with E-state index >= 15 is 0 Å². The number of benzene rings is 3. The Kier molecular flexibility index (Phi) is 6.33. The summed E-state index contributed by atoms with van der Waals surface area (Å²) in [5, 5.41) is 6.09. The molecule has 0 radical (unpaired) electrons. The monoisotopic (exact) mass is 476 g/mol. The van der Waals surface area contributed by atoms with Crippen LogP contribution in [0.4, 0.5) is 15.9 Å². The molecular weight excluding hydrogens is 459 g/mol. The first-order valence-electron chi connectivity index (χ1n) is 9.55. The summed E-state index contributed by atoms with van der Waals surface area (Å²) < 4.78 is 14.5. The topological polar surface area (TPSA) is 66.9 Å². The van der Waals surface area contributed by atoms with Crippen molar-refractivity contribution in [3.8, 4) is 11.4 Å². The summed E-state index contributed by atoms with van der Waals surface area (Å²) in [6.07, 6.45) is 1.60. The van der Waals surface area contributed by atoms with Gasteiger partial charge in [-0.1, -0.05) is 46.3 Å². The molecule has 0 spiro atoms. The van der Waals surface area contributed by atoms with Crippen LogP contribution >= 0.6 is 15.9 Å². The molecule has 154 valence electrons.